The van der Waals surface area contributed by atoms with Gasteiger partial charge in [0.25, 0.3) is 0 Å². The van der Waals surface area contributed by atoms with E-state index in [-0.39, 0.29) is 12.4 Å². The molecule has 15 heavy (non-hydrogen) atoms. The van der Waals surface area contributed by atoms with Crippen LogP contribution in [-0.2, 0) is 4.79 Å². The van der Waals surface area contributed by atoms with Crippen molar-refractivity contribution in [3.05, 3.63) is 28.7 Å². The largest absolute Gasteiger partial charge is 0.484 e. The molecule has 2 rings (SSSR count). The first-order valence-corrected chi connectivity index (χ1v) is 4.41. The highest BCUT2D eigenvalue weighted by atomic mass is 16.5. The Balaban J connectivity index is 2.41. The number of aromatic amines is 1. The molecule has 5 heteroatoms. The number of ketones is 1. The van der Waals surface area contributed by atoms with E-state index in [2.05, 4.69) is 4.98 Å². The van der Waals surface area contributed by atoms with Gasteiger partial charge in [-0.15, -0.1) is 0 Å². The predicted octanol–water partition coefficient (Wildman–Crippen LogP) is 1.09. The first kappa shape index (κ1) is 9.51. The number of rotatable bonds is 3. The summed E-state index contributed by atoms with van der Waals surface area (Å²) in [7, 11) is 0. The zero-order chi connectivity index (χ0) is 10.8. The van der Waals surface area contributed by atoms with Crippen LogP contribution in [0.4, 0.5) is 0 Å². The Labute approximate surface area is 84.7 Å². The minimum atomic E-state index is -0.538. The molecule has 1 N–H and O–H groups in total. The summed E-state index contributed by atoms with van der Waals surface area (Å²) in [6, 6.07) is 5.00. The van der Waals surface area contributed by atoms with Crippen molar-refractivity contribution >= 4 is 16.9 Å². The van der Waals surface area contributed by atoms with Gasteiger partial charge in [-0.05, 0) is 19.1 Å². The summed E-state index contributed by atoms with van der Waals surface area (Å²) in [6.45, 7) is 1.41. The SMILES string of the molecule is CC(=O)COc1cccc2oc(=O)[nH]c12. The molecule has 0 amide bonds. The Hall–Kier alpha value is -2.04. The van der Waals surface area contributed by atoms with Crippen LogP contribution in [0.3, 0.4) is 0 Å². The Kier molecular flexibility index (Phi) is 2.29. The van der Waals surface area contributed by atoms with Crippen molar-refractivity contribution in [3.8, 4) is 5.75 Å². The lowest BCUT2D eigenvalue weighted by Crippen LogP contribution is -2.06. The highest BCUT2D eigenvalue weighted by molar-refractivity contribution is 5.81. The fourth-order valence-corrected chi connectivity index (χ4v) is 1.25. The summed E-state index contributed by atoms with van der Waals surface area (Å²) in [5, 5.41) is 0. The van der Waals surface area contributed by atoms with E-state index >= 15 is 0 Å². The standard InChI is InChI=1S/C10H9NO4/c1-6(12)5-14-7-3-2-4-8-9(7)11-10(13)15-8/h2-4H,5H2,1H3,(H,11,13). The first-order chi connectivity index (χ1) is 7.16. The highest BCUT2D eigenvalue weighted by Gasteiger charge is 2.07. The van der Waals surface area contributed by atoms with Crippen LogP contribution in [0.2, 0.25) is 0 Å². The third-order valence-electron chi connectivity index (χ3n) is 1.85. The summed E-state index contributed by atoms with van der Waals surface area (Å²) < 4.78 is 10.1. The van der Waals surface area contributed by atoms with Gasteiger partial charge in [-0.1, -0.05) is 6.07 Å². The van der Waals surface area contributed by atoms with Crippen molar-refractivity contribution in [1.82, 2.24) is 4.98 Å². The van der Waals surface area contributed by atoms with Gasteiger partial charge in [0.2, 0.25) is 0 Å². The van der Waals surface area contributed by atoms with E-state index < -0.39 is 5.76 Å². The molecule has 1 aromatic carbocycles. The molecule has 0 aliphatic heterocycles. The molecule has 78 valence electrons. The van der Waals surface area contributed by atoms with Gasteiger partial charge < -0.3 is 9.15 Å². The molecular formula is C10H9NO4. The molecule has 1 aromatic heterocycles. The van der Waals surface area contributed by atoms with Crippen molar-refractivity contribution in [2.45, 2.75) is 6.92 Å². The van der Waals surface area contributed by atoms with Crippen molar-refractivity contribution in [2.75, 3.05) is 6.61 Å². The molecule has 0 saturated heterocycles. The average molecular weight is 207 g/mol. The summed E-state index contributed by atoms with van der Waals surface area (Å²) >= 11 is 0. The number of fused-ring (bicyclic) bond motifs is 1. The van der Waals surface area contributed by atoms with Crippen LogP contribution in [0, 0.1) is 0 Å². The molecule has 0 spiro atoms. The first-order valence-electron chi connectivity index (χ1n) is 4.41. The van der Waals surface area contributed by atoms with Gasteiger partial charge in [0.05, 0.1) is 0 Å². The zero-order valence-corrected chi connectivity index (χ0v) is 8.07. The minimum absolute atomic E-state index is 0.0215. The van der Waals surface area contributed by atoms with Crippen LogP contribution in [0.15, 0.2) is 27.4 Å². The number of ether oxygens (including phenoxy) is 1. The Morgan fingerprint density at radius 1 is 1.53 bits per heavy atom. The molecule has 5 nitrogen and oxygen atoms in total. The van der Waals surface area contributed by atoms with Gasteiger partial charge in [-0.3, -0.25) is 9.78 Å². The summed E-state index contributed by atoms with van der Waals surface area (Å²) in [5.41, 5.74) is 0.893. The van der Waals surface area contributed by atoms with Gasteiger partial charge in [-0.2, -0.15) is 0 Å². The lowest BCUT2D eigenvalue weighted by molar-refractivity contribution is -0.118. The van der Waals surface area contributed by atoms with E-state index in [1.54, 1.807) is 18.2 Å². The van der Waals surface area contributed by atoms with E-state index in [4.69, 9.17) is 9.15 Å². The second kappa shape index (κ2) is 3.61. The van der Waals surface area contributed by atoms with Gasteiger partial charge in [0, 0.05) is 0 Å². The van der Waals surface area contributed by atoms with Crippen molar-refractivity contribution in [2.24, 2.45) is 0 Å². The van der Waals surface area contributed by atoms with E-state index in [9.17, 15) is 9.59 Å². The summed E-state index contributed by atoms with van der Waals surface area (Å²) in [6.07, 6.45) is 0. The van der Waals surface area contributed by atoms with Crippen LogP contribution < -0.4 is 10.5 Å². The number of aromatic nitrogens is 1. The number of para-hydroxylation sites is 1. The number of hydrogen-bond donors (Lipinski definition) is 1. The van der Waals surface area contributed by atoms with Crippen molar-refractivity contribution < 1.29 is 13.9 Å². The van der Waals surface area contributed by atoms with Crippen molar-refractivity contribution in [1.29, 1.82) is 0 Å². The molecule has 2 aromatic rings. The number of carbonyl (C=O) groups excluding carboxylic acids is 1. The molecule has 0 fully saturated rings. The quantitative estimate of drug-likeness (QED) is 0.817. The maximum absolute atomic E-state index is 10.9. The van der Waals surface area contributed by atoms with Crippen LogP contribution in [0.25, 0.3) is 11.1 Å². The number of hydrogen-bond acceptors (Lipinski definition) is 4. The number of Topliss-reactive ketones (excluding diaryl/α,β-unsaturated/α-hetero) is 1. The smallest absolute Gasteiger partial charge is 0.417 e. The summed E-state index contributed by atoms with van der Waals surface area (Å²) in [4.78, 5) is 24.2. The van der Waals surface area contributed by atoms with Gasteiger partial charge >= 0.3 is 5.76 Å². The monoisotopic (exact) mass is 207 g/mol. The molecule has 0 saturated carbocycles. The lowest BCUT2D eigenvalue weighted by Gasteiger charge is -2.03. The Morgan fingerprint density at radius 2 is 2.33 bits per heavy atom. The van der Waals surface area contributed by atoms with Gasteiger partial charge in [0.1, 0.15) is 17.9 Å². The minimum Gasteiger partial charge on any atom is -0.484 e. The molecular weight excluding hydrogens is 198 g/mol. The van der Waals surface area contributed by atoms with Crippen LogP contribution >= 0.6 is 0 Å². The van der Waals surface area contributed by atoms with Crippen LogP contribution in [-0.4, -0.2) is 17.4 Å². The maximum Gasteiger partial charge on any atom is 0.417 e. The van der Waals surface area contributed by atoms with E-state index in [1.807, 2.05) is 0 Å². The third kappa shape index (κ3) is 1.90. The van der Waals surface area contributed by atoms with E-state index in [0.717, 1.165) is 0 Å². The Bertz CT molecular complexity index is 552. The fraction of sp³-hybridized carbons (Fsp3) is 0.200. The lowest BCUT2D eigenvalue weighted by atomic mass is 10.3. The maximum atomic E-state index is 10.9. The molecule has 0 unspecified atom stereocenters. The van der Waals surface area contributed by atoms with E-state index in [1.165, 1.54) is 6.92 Å². The van der Waals surface area contributed by atoms with Gasteiger partial charge in [-0.25, -0.2) is 4.79 Å². The number of H-pyrrole nitrogens is 1. The summed E-state index contributed by atoms with van der Waals surface area (Å²) in [5.74, 6) is -0.185. The topological polar surface area (TPSA) is 72.3 Å². The van der Waals surface area contributed by atoms with Crippen LogP contribution in [0.5, 0.6) is 5.75 Å². The average Bonchev–Trinajstić information content (AvgIpc) is 2.55. The predicted molar refractivity (Wildman–Crippen MR) is 53.0 cm³/mol. The number of carbonyl (C=O) groups is 1. The second-order valence-corrected chi connectivity index (χ2v) is 3.13. The molecule has 0 aliphatic rings. The van der Waals surface area contributed by atoms with Gasteiger partial charge in [0.15, 0.2) is 11.4 Å². The Morgan fingerprint density at radius 3 is 3.07 bits per heavy atom. The molecule has 0 radical (unpaired) electrons. The second-order valence-electron chi connectivity index (χ2n) is 3.13. The zero-order valence-electron chi connectivity index (χ0n) is 8.07. The highest BCUT2D eigenvalue weighted by Crippen LogP contribution is 2.22. The van der Waals surface area contributed by atoms with Crippen LogP contribution in [0.1, 0.15) is 6.92 Å². The molecule has 0 atom stereocenters. The fourth-order valence-electron chi connectivity index (χ4n) is 1.25. The molecule has 1 heterocycles. The normalized spacial score (nSPS) is 10.5. The molecule has 0 bridgehead atoms. The number of nitrogens with one attached hydrogen (secondary N) is 1. The van der Waals surface area contributed by atoms with E-state index in [0.29, 0.717) is 16.8 Å². The third-order valence-corrected chi connectivity index (χ3v) is 1.85. The number of oxazole rings is 1. The number of benzene rings is 1. The molecule has 0 aliphatic carbocycles. The van der Waals surface area contributed by atoms with Crippen molar-refractivity contribution in [3.63, 3.8) is 0 Å².